The normalized spacial score (nSPS) is 17.9. The van der Waals surface area contributed by atoms with Crippen LogP contribution >= 0.6 is 11.6 Å². The zero-order valence-electron chi connectivity index (χ0n) is 9.57. The van der Waals surface area contributed by atoms with Gasteiger partial charge < -0.3 is 10.0 Å². The summed E-state index contributed by atoms with van der Waals surface area (Å²) in [5, 5.41) is 9.99. The number of aliphatic hydroxyl groups excluding tert-OH is 1. The van der Waals surface area contributed by atoms with Crippen LogP contribution in [0.4, 0.5) is 5.82 Å². The molecule has 0 aromatic carbocycles. The van der Waals surface area contributed by atoms with Crippen molar-refractivity contribution >= 4 is 17.4 Å². The lowest BCUT2D eigenvalue weighted by Crippen LogP contribution is -2.37. The van der Waals surface area contributed by atoms with Crippen molar-refractivity contribution in [3.05, 3.63) is 16.5 Å². The van der Waals surface area contributed by atoms with E-state index in [4.69, 9.17) is 11.6 Å². The van der Waals surface area contributed by atoms with Gasteiger partial charge >= 0.3 is 0 Å². The van der Waals surface area contributed by atoms with Gasteiger partial charge in [-0.1, -0.05) is 11.6 Å². The Morgan fingerprint density at radius 2 is 1.88 bits per heavy atom. The topological polar surface area (TPSA) is 49.2 Å². The predicted molar refractivity (Wildman–Crippen MR) is 64.0 cm³/mol. The Morgan fingerprint density at radius 1 is 1.25 bits per heavy atom. The SMILES string of the molecule is Cc1nc(Cl)c(C)c(N2CCC(O)CC2)n1. The Morgan fingerprint density at radius 3 is 2.50 bits per heavy atom. The van der Waals surface area contributed by atoms with Crippen molar-refractivity contribution in [1.29, 1.82) is 0 Å². The van der Waals surface area contributed by atoms with E-state index in [1.54, 1.807) is 0 Å². The fourth-order valence-electron chi connectivity index (χ4n) is 1.97. The van der Waals surface area contributed by atoms with E-state index < -0.39 is 0 Å². The molecule has 1 saturated heterocycles. The van der Waals surface area contributed by atoms with E-state index in [1.165, 1.54) is 0 Å². The fourth-order valence-corrected chi connectivity index (χ4v) is 2.17. The average Bonchev–Trinajstić information content (AvgIpc) is 2.25. The standard InChI is InChI=1S/C11H16ClN3O/c1-7-10(12)13-8(2)14-11(7)15-5-3-9(16)4-6-15/h9,16H,3-6H2,1-2H3. The molecule has 1 fully saturated rings. The van der Waals surface area contributed by atoms with Gasteiger partial charge in [-0.2, -0.15) is 0 Å². The van der Waals surface area contributed by atoms with Crippen LogP contribution in [-0.2, 0) is 0 Å². The van der Waals surface area contributed by atoms with Crippen LogP contribution in [0.1, 0.15) is 24.2 Å². The predicted octanol–water partition coefficient (Wildman–Crippen LogP) is 1.71. The fraction of sp³-hybridized carbons (Fsp3) is 0.636. The van der Waals surface area contributed by atoms with E-state index in [0.29, 0.717) is 11.0 Å². The summed E-state index contributed by atoms with van der Waals surface area (Å²) in [7, 11) is 0. The lowest BCUT2D eigenvalue weighted by molar-refractivity contribution is 0.145. The van der Waals surface area contributed by atoms with E-state index in [2.05, 4.69) is 14.9 Å². The van der Waals surface area contributed by atoms with Crippen LogP contribution in [0.2, 0.25) is 5.15 Å². The molecule has 2 heterocycles. The molecule has 0 amide bonds. The van der Waals surface area contributed by atoms with Crippen LogP contribution in [-0.4, -0.2) is 34.3 Å². The van der Waals surface area contributed by atoms with Gasteiger partial charge in [-0.3, -0.25) is 0 Å². The van der Waals surface area contributed by atoms with Gasteiger partial charge in [-0.05, 0) is 26.7 Å². The number of aliphatic hydroxyl groups is 1. The molecule has 0 spiro atoms. The number of piperidine rings is 1. The third-order valence-corrected chi connectivity index (χ3v) is 3.30. The maximum Gasteiger partial charge on any atom is 0.137 e. The summed E-state index contributed by atoms with van der Waals surface area (Å²) >= 11 is 6.04. The molecular weight excluding hydrogens is 226 g/mol. The number of aromatic nitrogens is 2. The van der Waals surface area contributed by atoms with Crippen LogP contribution in [0.3, 0.4) is 0 Å². The minimum atomic E-state index is -0.171. The molecule has 2 rings (SSSR count). The molecule has 0 aliphatic carbocycles. The summed E-state index contributed by atoms with van der Waals surface area (Å²) in [6, 6.07) is 0. The van der Waals surface area contributed by atoms with E-state index in [1.807, 2.05) is 13.8 Å². The first-order valence-corrected chi connectivity index (χ1v) is 5.89. The maximum atomic E-state index is 9.47. The lowest BCUT2D eigenvalue weighted by Gasteiger charge is -2.31. The maximum absolute atomic E-state index is 9.47. The molecule has 1 N–H and O–H groups in total. The number of halogens is 1. The van der Waals surface area contributed by atoms with Crippen LogP contribution in [0.15, 0.2) is 0 Å². The second kappa shape index (κ2) is 4.55. The van der Waals surface area contributed by atoms with Gasteiger partial charge in [0.1, 0.15) is 16.8 Å². The average molecular weight is 242 g/mol. The first kappa shape index (κ1) is 11.6. The second-order valence-electron chi connectivity index (χ2n) is 4.23. The molecule has 0 bridgehead atoms. The van der Waals surface area contributed by atoms with Gasteiger partial charge in [0.15, 0.2) is 0 Å². The number of nitrogens with zero attached hydrogens (tertiary/aromatic N) is 3. The molecule has 16 heavy (non-hydrogen) atoms. The van der Waals surface area contributed by atoms with Crippen LogP contribution in [0.5, 0.6) is 0 Å². The van der Waals surface area contributed by atoms with Gasteiger partial charge in [-0.15, -0.1) is 0 Å². The van der Waals surface area contributed by atoms with Crippen molar-refractivity contribution in [3.63, 3.8) is 0 Å². The molecule has 1 aliphatic rings. The highest BCUT2D eigenvalue weighted by molar-refractivity contribution is 6.30. The Balaban J connectivity index is 2.26. The zero-order chi connectivity index (χ0) is 11.7. The molecular formula is C11H16ClN3O. The summed E-state index contributed by atoms with van der Waals surface area (Å²) in [6.45, 7) is 5.43. The van der Waals surface area contributed by atoms with Gasteiger partial charge in [0, 0.05) is 18.7 Å². The summed E-state index contributed by atoms with van der Waals surface area (Å²) < 4.78 is 0. The first-order valence-electron chi connectivity index (χ1n) is 5.51. The van der Waals surface area contributed by atoms with E-state index in [9.17, 15) is 5.11 Å². The number of hydrogen-bond acceptors (Lipinski definition) is 4. The smallest absolute Gasteiger partial charge is 0.137 e. The van der Waals surface area contributed by atoms with Crippen LogP contribution in [0.25, 0.3) is 0 Å². The van der Waals surface area contributed by atoms with Gasteiger partial charge in [0.2, 0.25) is 0 Å². The monoisotopic (exact) mass is 241 g/mol. The van der Waals surface area contributed by atoms with Crippen molar-refractivity contribution in [1.82, 2.24) is 9.97 Å². The molecule has 5 heteroatoms. The van der Waals surface area contributed by atoms with Crippen LogP contribution in [0, 0.1) is 13.8 Å². The Labute approximate surface area is 100 Å². The Kier molecular flexibility index (Phi) is 3.30. The first-order chi connectivity index (χ1) is 7.58. The Hall–Kier alpha value is -0.870. The highest BCUT2D eigenvalue weighted by atomic mass is 35.5. The molecule has 1 aromatic rings. The number of aryl methyl sites for hydroxylation is 1. The number of anilines is 1. The summed E-state index contributed by atoms with van der Waals surface area (Å²) in [5.41, 5.74) is 0.920. The van der Waals surface area contributed by atoms with Crippen LogP contribution < -0.4 is 4.90 Å². The van der Waals surface area contributed by atoms with E-state index in [-0.39, 0.29) is 6.10 Å². The molecule has 0 saturated carbocycles. The molecule has 88 valence electrons. The molecule has 0 atom stereocenters. The summed E-state index contributed by atoms with van der Waals surface area (Å²) in [4.78, 5) is 10.7. The quantitative estimate of drug-likeness (QED) is 0.761. The number of rotatable bonds is 1. The number of hydrogen-bond donors (Lipinski definition) is 1. The molecule has 0 radical (unpaired) electrons. The van der Waals surface area contributed by atoms with E-state index in [0.717, 1.165) is 37.3 Å². The summed E-state index contributed by atoms with van der Waals surface area (Å²) in [5.74, 6) is 1.60. The zero-order valence-corrected chi connectivity index (χ0v) is 10.3. The van der Waals surface area contributed by atoms with Crippen molar-refractivity contribution in [2.24, 2.45) is 0 Å². The molecule has 0 unspecified atom stereocenters. The van der Waals surface area contributed by atoms with Gasteiger partial charge in [0.05, 0.1) is 6.10 Å². The highest BCUT2D eigenvalue weighted by Crippen LogP contribution is 2.25. The second-order valence-corrected chi connectivity index (χ2v) is 4.59. The third kappa shape index (κ3) is 2.28. The third-order valence-electron chi connectivity index (χ3n) is 2.94. The molecule has 1 aliphatic heterocycles. The Bertz CT molecular complexity index is 389. The summed E-state index contributed by atoms with van der Waals surface area (Å²) in [6.07, 6.45) is 1.41. The van der Waals surface area contributed by atoms with Crippen molar-refractivity contribution in [3.8, 4) is 0 Å². The molecule has 1 aromatic heterocycles. The largest absolute Gasteiger partial charge is 0.393 e. The van der Waals surface area contributed by atoms with E-state index >= 15 is 0 Å². The highest BCUT2D eigenvalue weighted by Gasteiger charge is 2.20. The van der Waals surface area contributed by atoms with Crippen molar-refractivity contribution in [2.75, 3.05) is 18.0 Å². The van der Waals surface area contributed by atoms with Gasteiger partial charge in [0.25, 0.3) is 0 Å². The van der Waals surface area contributed by atoms with Crippen molar-refractivity contribution in [2.45, 2.75) is 32.8 Å². The van der Waals surface area contributed by atoms with Crippen molar-refractivity contribution < 1.29 is 5.11 Å². The van der Waals surface area contributed by atoms with Gasteiger partial charge in [-0.25, -0.2) is 9.97 Å². The molecule has 4 nitrogen and oxygen atoms in total. The lowest BCUT2D eigenvalue weighted by atomic mass is 10.1. The minimum Gasteiger partial charge on any atom is -0.393 e. The minimum absolute atomic E-state index is 0.171.